The molecule has 0 aliphatic heterocycles. The lowest BCUT2D eigenvalue weighted by molar-refractivity contribution is 0.521. The minimum atomic E-state index is -0.246. The van der Waals surface area contributed by atoms with Crippen LogP contribution in [0, 0.1) is 5.82 Å². The lowest BCUT2D eigenvalue weighted by Crippen LogP contribution is -2.30. The molecule has 0 amide bonds. The number of hydrogen-bond acceptors (Lipinski definition) is 3. The first-order chi connectivity index (χ1) is 8.74. The fraction of sp³-hybridized carbons (Fsp3) is 0.308. The molecule has 4 nitrogen and oxygen atoms in total. The number of aryl methyl sites for hydroxylation is 1. The van der Waals surface area contributed by atoms with Gasteiger partial charge >= 0.3 is 0 Å². The first-order valence-electron chi connectivity index (χ1n) is 5.96. The van der Waals surface area contributed by atoms with Crippen LogP contribution in [0.5, 0.6) is 0 Å². The topological polar surface area (TPSA) is 55.9 Å². The SMILES string of the molecule is CCn1ccnc1CC(NN)c1ccc(F)cc1. The number of hydrogen-bond donors (Lipinski definition) is 2. The van der Waals surface area contributed by atoms with E-state index in [1.165, 1.54) is 12.1 Å². The van der Waals surface area contributed by atoms with E-state index in [4.69, 9.17) is 5.84 Å². The van der Waals surface area contributed by atoms with E-state index >= 15 is 0 Å². The molecule has 2 rings (SSSR count). The molecule has 18 heavy (non-hydrogen) atoms. The Kier molecular flexibility index (Phi) is 4.07. The Balaban J connectivity index is 2.17. The van der Waals surface area contributed by atoms with Crippen LogP contribution in [-0.2, 0) is 13.0 Å². The zero-order valence-electron chi connectivity index (χ0n) is 10.3. The molecular weight excluding hydrogens is 231 g/mol. The average molecular weight is 248 g/mol. The van der Waals surface area contributed by atoms with Gasteiger partial charge in [-0.2, -0.15) is 0 Å². The molecular formula is C13H17FN4. The number of nitrogens with two attached hydrogens (primary N) is 1. The molecule has 0 aliphatic rings. The number of halogens is 1. The lowest BCUT2D eigenvalue weighted by atomic mass is 10.0. The molecule has 0 bridgehead atoms. The highest BCUT2D eigenvalue weighted by molar-refractivity contribution is 5.21. The van der Waals surface area contributed by atoms with Gasteiger partial charge in [0.25, 0.3) is 0 Å². The molecule has 0 saturated heterocycles. The van der Waals surface area contributed by atoms with Crippen LogP contribution in [-0.4, -0.2) is 9.55 Å². The third-order valence-electron chi connectivity index (χ3n) is 3.00. The summed E-state index contributed by atoms with van der Waals surface area (Å²) < 4.78 is 14.9. The predicted molar refractivity (Wildman–Crippen MR) is 68.1 cm³/mol. The number of hydrazine groups is 1. The Bertz CT molecular complexity index is 492. The number of benzene rings is 1. The molecule has 0 fully saturated rings. The summed E-state index contributed by atoms with van der Waals surface area (Å²) in [5, 5.41) is 0. The zero-order chi connectivity index (χ0) is 13.0. The maximum atomic E-state index is 12.9. The van der Waals surface area contributed by atoms with E-state index < -0.39 is 0 Å². The number of nitrogens with zero attached hydrogens (tertiary/aromatic N) is 2. The van der Waals surface area contributed by atoms with Gasteiger partial charge in [0.15, 0.2) is 0 Å². The molecule has 0 spiro atoms. The molecule has 0 saturated carbocycles. The zero-order valence-corrected chi connectivity index (χ0v) is 10.3. The van der Waals surface area contributed by atoms with Crippen molar-refractivity contribution in [3.8, 4) is 0 Å². The quantitative estimate of drug-likeness (QED) is 0.626. The Morgan fingerprint density at radius 2 is 2.11 bits per heavy atom. The highest BCUT2D eigenvalue weighted by atomic mass is 19.1. The second kappa shape index (κ2) is 5.75. The van der Waals surface area contributed by atoms with Crippen molar-refractivity contribution < 1.29 is 4.39 Å². The van der Waals surface area contributed by atoms with Crippen molar-refractivity contribution in [2.24, 2.45) is 5.84 Å². The molecule has 0 aliphatic carbocycles. The summed E-state index contributed by atoms with van der Waals surface area (Å²) in [6.07, 6.45) is 4.38. The van der Waals surface area contributed by atoms with Gasteiger partial charge in [0, 0.05) is 25.4 Å². The van der Waals surface area contributed by atoms with Gasteiger partial charge in [-0.1, -0.05) is 12.1 Å². The number of aromatic nitrogens is 2. The summed E-state index contributed by atoms with van der Waals surface area (Å²) in [5.41, 5.74) is 3.70. The van der Waals surface area contributed by atoms with Crippen LogP contribution in [0.25, 0.3) is 0 Å². The summed E-state index contributed by atoms with van der Waals surface area (Å²) in [7, 11) is 0. The summed E-state index contributed by atoms with van der Waals surface area (Å²) in [6.45, 7) is 2.93. The fourth-order valence-electron chi connectivity index (χ4n) is 1.97. The lowest BCUT2D eigenvalue weighted by Gasteiger charge is -2.16. The second-order valence-electron chi connectivity index (χ2n) is 4.10. The Labute approximate surface area is 106 Å². The maximum Gasteiger partial charge on any atom is 0.123 e. The number of imidazole rings is 1. The van der Waals surface area contributed by atoms with E-state index in [2.05, 4.69) is 21.9 Å². The van der Waals surface area contributed by atoms with E-state index in [0.29, 0.717) is 6.42 Å². The molecule has 3 N–H and O–H groups in total. The Hall–Kier alpha value is -1.72. The van der Waals surface area contributed by atoms with Crippen LogP contribution < -0.4 is 11.3 Å². The average Bonchev–Trinajstić information content (AvgIpc) is 2.84. The van der Waals surface area contributed by atoms with Crippen LogP contribution in [0.2, 0.25) is 0 Å². The summed E-state index contributed by atoms with van der Waals surface area (Å²) >= 11 is 0. The number of nitrogens with one attached hydrogen (secondary N) is 1. The monoisotopic (exact) mass is 248 g/mol. The third-order valence-corrected chi connectivity index (χ3v) is 3.00. The predicted octanol–water partition coefficient (Wildman–Crippen LogP) is 1.79. The van der Waals surface area contributed by atoms with Gasteiger partial charge in [0.05, 0.1) is 6.04 Å². The molecule has 96 valence electrons. The van der Waals surface area contributed by atoms with Crippen molar-refractivity contribution in [1.82, 2.24) is 15.0 Å². The fourth-order valence-corrected chi connectivity index (χ4v) is 1.97. The van der Waals surface area contributed by atoms with Gasteiger partial charge in [0.1, 0.15) is 11.6 Å². The van der Waals surface area contributed by atoms with Crippen molar-refractivity contribution in [3.63, 3.8) is 0 Å². The highest BCUT2D eigenvalue weighted by Gasteiger charge is 2.13. The van der Waals surface area contributed by atoms with Crippen molar-refractivity contribution >= 4 is 0 Å². The van der Waals surface area contributed by atoms with Crippen LogP contribution in [0.4, 0.5) is 4.39 Å². The van der Waals surface area contributed by atoms with Gasteiger partial charge in [-0.15, -0.1) is 0 Å². The largest absolute Gasteiger partial charge is 0.335 e. The van der Waals surface area contributed by atoms with Gasteiger partial charge in [-0.3, -0.25) is 11.3 Å². The van der Waals surface area contributed by atoms with Gasteiger partial charge < -0.3 is 4.57 Å². The van der Waals surface area contributed by atoms with E-state index in [0.717, 1.165) is 17.9 Å². The summed E-state index contributed by atoms with van der Waals surface area (Å²) in [6, 6.07) is 6.27. The van der Waals surface area contributed by atoms with Crippen molar-refractivity contribution in [2.75, 3.05) is 0 Å². The minimum Gasteiger partial charge on any atom is -0.335 e. The molecule has 1 aromatic heterocycles. The van der Waals surface area contributed by atoms with E-state index in [1.807, 2.05) is 6.20 Å². The first-order valence-corrected chi connectivity index (χ1v) is 5.96. The van der Waals surface area contributed by atoms with E-state index in [9.17, 15) is 4.39 Å². The highest BCUT2D eigenvalue weighted by Crippen LogP contribution is 2.17. The second-order valence-corrected chi connectivity index (χ2v) is 4.10. The molecule has 2 aromatic rings. The van der Waals surface area contributed by atoms with Crippen molar-refractivity contribution in [3.05, 3.63) is 53.9 Å². The van der Waals surface area contributed by atoms with Gasteiger partial charge in [-0.25, -0.2) is 9.37 Å². The smallest absolute Gasteiger partial charge is 0.123 e. The van der Waals surface area contributed by atoms with Gasteiger partial charge in [0.2, 0.25) is 0 Å². The normalized spacial score (nSPS) is 12.6. The first kappa shape index (κ1) is 12.7. The molecule has 0 radical (unpaired) electrons. The minimum absolute atomic E-state index is 0.0710. The molecule has 1 unspecified atom stereocenters. The van der Waals surface area contributed by atoms with Crippen molar-refractivity contribution in [1.29, 1.82) is 0 Å². The van der Waals surface area contributed by atoms with Crippen LogP contribution >= 0.6 is 0 Å². The standard InChI is InChI=1S/C13H17FN4/c1-2-18-8-7-16-13(18)9-12(17-15)10-3-5-11(14)6-4-10/h3-8,12,17H,2,9,15H2,1H3. The summed E-state index contributed by atoms with van der Waals surface area (Å²) in [4.78, 5) is 4.31. The van der Waals surface area contributed by atoms with Crippen LogP contribution in [0.15, 0.2) is 36.7 Å². The van der Waals surface area contributed by atoms with Crippen LogP contribution in [0.3, 0.4) is 0 Å². The maximum absolute atomic E-state index is 12.9. The third kappa shape index (κ3) is 2.75. The van der Waals surface area contributed by atoms with Gasteiger partial charge in [-0.05, 0) is 24.6 Å². The molecule has 1 aromatic carbocycles. The van der Waals surface area contributed by atoms with Crippen molar-refractivity contribution in [2.45, 2.75) is 25.9 Å². The Morgan fingerprint density at radius 1 is 1.39 bits per heavy atom. The van der Waals surface area contributed by atoms with E-state index in [1.54, 1.807) is 18.3 Å². The Morgan fingerprint density at radius 3 is 2.72 bits per heavy atom. The van der Waals surface area contributed by atoms with Crippen LogP contribution in [0.1, 0.15) is 24.4 Å². The molecule has 5 heteroatoms. The molecule has 1 heterocycles. The molecule has 1 atom stereocenters. The number of rotatable bonds is 5. The summed E-state index contributed by atoms with van der Waals surface area (Å²) in [5.74, 6) is 6.29. The van der Waals surface area contributed by atoms with E-state index in [-0.39, 0.29) is 11.9 Å².